The zero-order valence-corrected chi connectivity index (χ0v) is 19.2. The van der Waals surface area contributed by atoms with Crippen LogP contribution < -0.4 is 0 Å². The summed E-state index contributed by atoms with van der Waals surface area (Å²) in [5.74, 6) is -0.889. The van der Waals surface area contributed by atoms with Crippen molar-refractivity contribution in [2.24, 2.45) is 11.3 Å². The van der Waals surface area contributed by atoms with Crippen LogP contribution in [0.1, 0.15) is 67.1 Å². The lowest BCUT2D eigenvalue weighted by molar-refractivity contribution is 0.0423. The standard InChI is InChI=1S/C26H26F2N4O2/c1-25(2)18-8-9-26(25,16-5-4-10-32(13-16)24(33)15-12-29-34-14-15)23-17(18)11-21(30-31-23)22-19(27)6-3-7-20(22)28/h3,6-7,11-12,14,16,18H,4-5,8-10,13H2,1-2H3. The molecule has 0 spiro atoms. The maximum absolute atomic E-state index is 14.5. The van der Waals surface area contributed by atoms with E-state index in [-0.39, 0.29) is 39.8 Å². The topological polar surface area (TPSA) is 72.1 Å². The molecular formula is C26H26F2N4O2. The van der Waals surface area contributed by atoms with Gasteiger partial charge in [0.15, 0.2) is 0 Å². The summed E-state index contributed by atoms with van der Waals surface area (Å²) < 4.78 is 33.8. The van der Waals surface area contributed by atoms with Crippen molar-refractivity contribution < 1.29 is 18.1 Å². The minimum absolute atomic E-state index is 0.0654. The van der Waals surface area contributed by atoms with E-state index in [0.717, 1.165) is 36.9 Å². The second-order valence-electron chi connectivity index (χ2n) is 10.4. The van der Waals surface area contributed by atoms with Gasteiger partial charge in [-0.15, -0.1) is 0 Å². The molecule has 2 aromatic heterocycles. The van der Waals surface area contributed by atoms with Crippen molar-refractivity contribution in [1.29, 1.82) is 0 Å². The number of fused-ring (bicyclic) bond motifs is 5. The molecule has 1 amide bonds. The minimum atomic E-state index is -0.637. The Morgan fingerprint density at radius 3 is 2.71 bits per heavy atom. The zero-order valence-electron chi connectivity index (χ0n) is 19.2. The average Bonchev–Trinajstić information content (AvgIpc) is 3.50. The van der Waals surface area contributed by atoms with Crippen LogP contribution in [0.4, 0.5) is 8.78 Å². The molecule has 0 N–H and O–H groups in total. The van der Waals surface area contributed by atoms with E-state index in [9.17, 15) is 13.6 Å². The van der Waals surface area contributed by atoms with Crippen LogP contribution >= 0.6 is 0 Å². The smallest absolute Gasteiger partial charge is 0.258 e. The summed E-state index contributed by atoms with van der Waals surface area (Å²) in [6, 6.07) is 5.69. The first-order valence-electron chi connectivity index (χ1n) is 11.9. The van der Waals surface area contributed by atoms with Crippen molar-refractivity contribution in [2.75, 3.05) is 13.1 Å². The number of carbonyl (C=O) groups is 1. The highest BCUT2D eigenvalue weighted by molar-refractivity contribution is 5.93. The van der Waals surface area contributed by atoms with E-state index in [4.69, 9.17) is 4.52 Å². The fourth-order valence-electron chi connectivity index (χ4n) is 7.20. The van der Waals surface area contributed by atoms with E-state index in [1.807, 2.05) is 11.0 Å². The second-order valence-corrected chi connectivity index (χ2v) is 10.4. The average molecular weight is 465 g/mol. The number of carbonyl (C=O) groups excluding carboxylic acids is 1. The van der Waals surface area contributed by atoms with Crippen molar-refractivity contribution >= 4 is 5.91 Å². The molecule has 2 fully saturated rings. The highest BCUT2D eigenvalue weighted by Crippen LogP contribution is 2.70. The van der Waals surface area contributed by atoms with Gasteiger partial charge in [0.05, 0.1) is 28.7 Å². The number of halogens is 2. The van der Waals surface area contributed by atoms with E-state index in [1.54, 1.807) is 0 Å². The minimum Gasteiger partial charge on any atom is -0.364 e. The van der Waals surface area contributed by atoms with Gasteiger partial charge in [0.2, 0.25) is 0 Å². The maximum Gasteiger partial charge on any atom is 0.258 e. The Bertz CT molecular complexity index is 1260. The summed E-state index contributed by atoms with van der Waals surface area (Å²) in [6.07, 6.45) is 6.71. The number of benzene rings is 1. The third kappa shape index (κ3) is 2.77. The van der Waals surface area contributed by atoms with Gasteiger partial charge in [-0.05, 0) is 66.7 Å². The number of likely N-dealkylation sites (tertiary alicyclic amines) is 1. The zero-order chi connectivity index (χ0) is 23.7. The van der Waals surface area contributed by atoms with Crippen molar-refractivity contribution in [3.8, 4) is 11.3 Å². The first-order chi connectivity index (χ1) is 16.3. The van der Waals surface area contributed by atoms with Gasteiger partial charge in [0, 0.05) is 18.5 Å². The van der Waals surface area contributed by atoms with Crippen molar-refractivity contribution in [3.05, 3.63) is 65.2 Å². The Labute approximate surface area is 196 Å². The van der Waals surface area contributed by atoms with Crippen LogP contribution in [0.15, 0.2) is 41.2 Å². The molecule has 1 aromatic carbocycles. The van der Waals surface area contributed by atoms with Crippen LogP contribution in [-0.2, 0) is 5.41 Å². The maximum atomic E-state index is 14.5. The van der Waals surface area contributed by atoms with Crippen LogP contribution in [0.5, 0.6) is 0 Å². The van der Waals surface area contributed by atoms with Gasteiger partial charge in [-0.25, -0.2) is 8.78 Å². The molecule has 1 aliphatic heterocycles. The molecule has 2 bridgehead atoms. The van der Waals surface area contributed by atoms with Crippen LogP contribution in [0.2, 0.25) is 0 Å². The van der Waals surface area contributed by atoms with Gasteiger partial charge < -0.3 is 9.42 Å². The summed E-state index contributed by atoms with van der Waals surface area (Å²) in [5.41, 5.74) is 2.22. The first kappa shape index (κ1) is 21.4. The van der Waals surface area contributed by atoms with Gasteiger partial charge in [0.25, 0.3) is 5.91 Å². The molecule has 1 saturated heterocycles. The summed E-state index contributed by atoms with van der Waals surface area (Å²) in [4.78, 5) is 14.9. The summed E-state index contributed by atoms with van der Waals surface area (Å²) >= 11 is 0. The quantitative estimate of drug-likeness (QED) is 0.538. The monoisotopic (exact) mass is 464 g/mol. The number of amides is 1. The first-order valence-corrected chi connectivity index (χ1v) is 11.9. The molecule has 3 unspecified atom stereocenters. The van der Waals surface area contributed by atoms with E-state index in [2.05, 4.69) is 29.2 Å². The van der Waals surface area contributed by atoms with Crippen molar-refractivity contribution in [2.45, 2.75) is 50.9 Å². The summed E-state index contributed by atoms with van der Waals surface area (Å²) in [5, 5.41) is 12.7. The predicted octanol–water partition coefficient (Wildman–Crippen LogP) is 5.12. The summed E-state index contributed by atoms with van der Waals surface area (Å²) in [6.45, 7) is 5.88. The SMILES string of the molecule is CC1(C)C2CCC1(C1CCCN(C(=O)c3cnoc3)C1)c1nnc(-c3c(F)cccc3F)cc12. The van der Waals surface area contributed by atoms with Crippen LogP contribution in [0.25, 0.3) is 11.3 Å². The second kappa shape index (κ2) is 7.42. The molecule has 6 rings (SSSR count). The molecule has 1 saturated carbocycles. The van der Waals surface area contributed by atoms with E-state index in [1.165, 1.54) is 30.7 Å². The molecule has 3 atom stereocenters. The molecular weight excluding hydrogens is 438 g/mol. The van der Waals surface area contributed by atoms with Crippen molar-refractivity contribution in [1.82, 2.24) is 20.3 Å². The Kier molecular flexibility index (Phi) is 4.66. The molecule has 6 nitrogen and oxygen atoms in total. The Morgan fingerprint density at radius 2 is 1.97 bits per heavy atom. The largest absolute Gasteiger partial charge is 0.364 e. The lowest BCUT2D eigenvalue weighted by atomic mass is 9.59. The Balaban J connectivity index is 1.40. The normalized spacial score (nSPS) is 27.1. The molecule has 176 valence electrons. The molecule has 3 aliphatic rings. The number of rotatable bonds is 3. The molecule has 3 heterocycles. The molecule has 0 radical (unpaired) electrons. The van der Waals surface area contributed by atoms with E-state index in [0.29, 0.717) is 18.7 Å². The number of hydrogen-bond donors (Lipinski definition) is 0. The van der Waals surface area contributed by atoms with Gasteiger partial charge >= 0.3 is 0 Å². The molecule has 3 aromatic rings. The lowest BCUT2D eigenvalue weighted by Gasteiger charge is -2.48. The highest BCUT2D eigenvalue weighted by atomic mass is 19.1. The number of aromatic nitrogens is 3. The Morgan fingerprint density at radius 1 is 1.18 bits per heavy atom. The lowest BCUT2D eigenvalue weighted by Crippen LogP contribution is -2.51. The van der Waals surface area contributed by atoms with Gasteiger partial charge in [-0.3, -0.25) is 4.79 Å². The van der Waals surface area contributed by atoms with E-state index < -0.39 is 11.6 Å². The fourth-order valence-corrected chi connectivity index (χ4v) is 7.20. The number of hydrogen-bond acceptors (Lipinski definition) is 5. The van der Waals surface area contributed by atoms with Crippen LogP contribution in [0, 0.1) is 23.0 Å². The molecule has 2 aliphatic carbocycles. The third-order valence-corrected chi connectivity index (χ3v) is 8.77. The Hall–Kier alpha value is -3.16. The summed E-state index contributed by atoms with van der Waals surface area (Å²) in [7, 11) is 0. The predicted molar refractivity (Wildman–Crippen MR) is 120 cm³/mol. The van der Waals surface area contributed by atoms with Gasteiger partial charge in [-0.1, -0.05) is 25.1 Å². The highest BCUT2D eigenvalue weighted by Gasteiger charge is 2.66. The number of nitrogens with zero attached hydrogens (tertiary/aromatic N) is 4. The molecule has 8 heteroatoms. The van der Waals surface area contributed by atoms with Gasteiger partial charge in [0.1, 0.15) is 17.9 Å². The van der Waals surface area contributed by atoms with E-state index >= 15 is 0 Å². The van der Waals surface area contributed by atoms with Crippen LogP contribution in [-0.4, -0.2) is 39.3 Å². The number of piperidine rings is 1. The third-order valence-electron chi connectivity index (χ3n) is 8.77. The van der Waals surface area contributed by atoms with Crippen LogP contribution in [0.3, 0.4) is 0 Å². The van der Waals surface area contributed by atoms with Crippen molar-refractivity contribution in [3.63, 3.8) is 0 Å². The fraction of sp³-hybridized carbons (Fsp3) is 0.462. The molecule has 34 heavy (non-hydrogen) atoms. The van der Waals surface area contributed by atoms with Gasteiger partial charge in [-0.2, -0.15) is 10.2 Å².